The fourth-order valence-electron chi connectivity index (χ4n) is 4.61. The van der Waals surface area contributed by atoms with Crippen LogP contribution >= 0.6 is 0 Å². The van der Waals surface area contributed by atoms with E-state index in [0.29, 0.717) is 24.2 Å². The first-order valence-corrected chi connectivity index (χ1v) is 9.49. The number of ether oxygens (including phenoxy) is 1. The fraction of sp³-hybridized carbons (Fsp3) is 0.650. The Hall–Kier alpha value is -1.55. The lowest BCUT2D eigenvalue weighted by atomic mass is 9.98. The van der Waals surface area contributed by atoms with Crippen molar-refractivity contribution in [1.82, 2.24) is 10.2 Å². The Morgan fingerprint density at radius 2 is 1.83 bits per heavy atom. The molecule has 2 unspecified atom stereocenters. The third-order valence-electron chi connectivity index (χ3n) is 6.00. The summed E-state index contributed by atoms with van der Waals surface area (Å²) in [5.41, 5.74) is 0.749. The maximum Gasteiger partial charge on any atom is 0.253 e. The Balaban J connectivity index is 1.43. The molecule has 1 saturated carbocycles. The van der Waals surface area contributed by atoms with Crippen LogP contribution in [0.3, 0.4) is 0 Å². The maximum atomic E-state index is 12.9. The fourth-order valence-corrected chi connectivity index (χ4v) is 4.61. The van der Waals surface area contributed by atoms with Gasteiger partial charge in [0.1, 0.15) is 5.75 Å². The van der Waals surface area contributed by atoms with Crippen molar-refractivity contribution in [2.75, 3.05) is 7.05 Å². The Morgan fingerprint density at radius 3 is 2.54 bits per heavy atom. The number of fused-ring (bicyclic) bond motifs is 2. The van der Waals surface area contributed by atoms with Gasteiger partial charge in [0, 0.05) is 30.7 Å². The van der Waals surface area contributed by atoms with Gasteiger partial charge in [0.05, 0.1) is 6.10 Å². The van der Waals surface area contributed by atoms with E-state index < -0.39 is 0 Å². The van der Waals surface area contributed by atoms with Gasteiger partial charge in [0.25, 0.3) is 5.91 Å². The van der Waals surface area contributed by atoms with Crippen LogP contribution in [0, 0.1) is 0 Å². The van der Waals surface area contributed by atoms with Crippen molar-refractivity contribution in [3.63, 3.8) is 0 Å². The van der Waals surface area contributed by atoms with E-state index in [4.69, 9.17) is 4.74 Å². The van der Waals surface area contributed by atoms with Gasteiger partial charge in [0.2, 0.25) is 0 Å². The highest BCUT2D eigenvalue weighted by Crippen LogP contribution is 2.30. The van der Waals surface area contributed by atoms with Crippen molar-refractivity contribution in [3.05, 3.63) is 29.8 Å². The molecule has 1 amide bonds. The molecule has 0 radical (unpaired) electrons. The molecular formula is C20H28N2O2. The Bertz CT molecular complexity index is 585. The quantitative estimate of drug-likeness (QED) is 0.921. The number of amides is 1. The second kappa shape index (κ2) is 6.75. The summed E-state index contributed by atoms with van der Waals surface area (Å²) in [5, 5.41) is 3.65. The van der Waals surface area contributed by atoms with Gasteiger partial charge in [-0.25, -0.2) is 0 Å². The second-order valence-corrected chi connectivity index (χ2v) is 7.73. The van der Waals surface area contributed by atoms with Gasteiger partial charge in [-0.1, -0.05) is 6.07 Å². The molecule has 4 nitrogen and oxygen atoms in total. The predicted molar refractivity (Wildman–Crippen MR) is 94.4 cm³/mol. The molecule has 1 aromatic carbocycles. The van der Waals surface area contributed by atoms with E-state index in [1.807, 2.05) is 36.2 Å². The van der Waals surface area contributed by atoms with E-state index in [-0.39, 0.29) is 5.91 Å². The summed E-state index contributed by atoms with van der Waals surface area (Å²) in [6, 6.07) is 9.30. The van der Waals surface area contributed by atoms with Crippen LogP contribution in [-0.4, -0.2) is 42.1 Å². The molecule has 0 aromatic heterocycles. The number of nitrogens with one attached hydrogen (secondary N) is 1. The minimum absolute atomic E-state index is 0.123. The molecule has 2 bridgehead atoms. The lowest BCUT2D eigenvalue weighted by molar-refractivity contribution is 0.0681. The van der Waals surface area contributed by atoms with Gasteiger partial charge < -0.3 is 15.0 Å². The zero-order valence-electron chi connectivity index (χ0n) is 14.5. The van der Waals surface area contributed by atoms with Gasteiger partial charge in [-0.05, 0) is 69.6 Å². The Kier molecular flexibility index (Phi) is 4.49. The third kappa shape index (κ3) is 3.30. The van der Waals surface area contributed by atoms with E-state index >= 15 is 0 Å². The summed E-state index contributed by atoms with van der Waals surface area (Å²) in [5.74, 6) is 0.963. The molecule has 1 aromatic rings. The van der Waals surface area contributed by atoms with E-state index in [1.165, 1.54) is 25.7 Å². The molecule has 2 atom stereocenters. The average Bonchev–Trinajstić information content (AvgIpc) is 3.23. The zero-order chi connectivity index (χ0) is 16.5. The first kappa shape index (κ1) is 15.9. The van der Waals surface area contributed by atoms with Crippen LogP contribution in [-0.2, 0) is 0 Å². The summed E-state index contributed by atoms with van der Waals surface area (Å²) >= 11 is 0. The molecule has 0 spiro atoms. The lowest BCUT2D eigenvalue weighted by Crippen LogP contribution is -2.48. The highest BCUT2D eigenvalue weighted by Gasteiger charge is 2.36. The van der Waals surface area contributed by atoms with Crippen LogP contribution in [0.1, 0.15) is 61.7 Å². The molecule has 3 fully saturated rings. The summed E-state index contributed by atoms with van der Waals surface area (Å²) in [4.78, 5) is 14.9. The van der Waals surface area contributed by atoms with Gasteiger partial charge in [-0.2, -0.15) is 0 Å². The van der Waals surface area contributed by atoms with Gasteiger partial charge in [0.15, 0.2) is 0 Å². The lowest BCUT2D eigenvalue weighted by Gasteiger charge is -2.35. The number of hydrogen-bond acceptors (Lipinski definition) is 3. The zero-order valence-corrected chi connectivity index (χ0v) is 14.5. The number of piperidine rings is 1. The topological polar surface area (TPSA) is 41.6 Å². The predicted octanol–water partition coefficient (Wildman–Crippen LogP) is 3.36. The minimum atomic E-state index is 0.123. The molecule has 4 heteroatoms. The Morgan fingerprint density at radius 1 is 1.12 bits per heavy atom. The SMILES string of the molecule is CN(C(=O)c1cccc(OC2CCCC2)c1)C1CC2CCC(C1)N2. The van der Waals surface area contributed by atoms with Crippen molar-refractivity contribution in [3.8, 4) is 5.75 Å². The number of carbonyl (C=O) groups excluding carboxylic acids is 1. The first-order valence-electron chi connectivity index (χ1n) is 9.49. The smallest absolute Gasteiger partial charge is 0.253 e. The van der Waals surface area contributed by atoms with Crippen LogP contribution in [0.5, 0.6) is 5.75 Å². The summed E-state index contributed by atoms with van der Waals surface area (Å²) < 4.78 is 6.05. The summed E-state index contributed by atoms with van der Waals surface area (Å²) in [6.45, 7) is 0. The minimum Gasteiger partial charge on any atom is -0.490 e. The molecule has 4 rings (SSSR count). The highest BCUT2D eigenvalue weighted by atomic mass is 16.5. The van der Waals surface area contributed by atoms with Crippen molar-refractivity contribution in [2.45, 2.75) is 75.6 Å². The van der Waals surface area contributed by atoms with E-state index in [1.54, 1.807) is 0 Å². The standard InChI is InChI=1S/C20H28N2O2/c1-22(17-12-15-9-10-16(13-17)21-15)20(23)14-5-4-8-19(11-14)24-18-6-2-3-7-18/h4-5,8,11,15-18,21H,2-3,6-7,9-10,12-13H2,1H3. The monoisotopic (exact) mass is 328 g/mol. The molecule has 3 aliphatic rings. The summed E-state index contributed by atoms with van der Waals surface area (Å²) in [7, 11) is 1.96. The largest absolute Gasteiger partial charge is 0.490 e. The van der Waals surface area contributed by atoms with E-state index in [9.17, 15) is 4.79 Å². The number of rotatable bonds is 4. The van der Waals surface area contributed by atoms with Crippen molar-refractivity contribution >= 4 is 5.91 Å². The molecule has 1 aliphatic carbocycles. The van der Waals surface area contributed by atoms with Gasteiger partial charge in [-0.3, -0.25) is 4.79 Å². The third-order valence-corrected chi connectivity index (χ3v) is 6.00. The average molecular weight is 328 g/mol. The van der Waals surface area contributed by atoms with Crippen LogP contribution in [0.2, 0.25) is 0 Å². The van der Waals surface area contributed by atoms with Gasteiger partial charge in [-0.15, -0.1) is 0 Å². The van der Waals surface area contributed by atoms with Crippen molar-refractivity contribution in [2.24, 2.45) is 0 Å². The first-order chi connectivity index (χ1) is 11.7. The number of hydrogen-bond donors (Lipinski definition) is 1. The Labute approximate surface area is 144 Å². The second-order valence-electron chi connectivity index (χ2n) is 7.73. The molecule has 2 aliphatic heterocycles. The molecule has 2 heterocycles. The molecular weight excluding hydrogens is 300 g/mol. The van der Waals surface area contributed by atoms with Crippen LogP contribution < -0.4 is 10.1 Å². The molecule has 1 N–H and O–H groups in total. The number of benzene rings is 1. The van der Waals surface area contributed by atoms with Gasteiger partial charge >= 0.3 is 0 Å². The van der Waals surface area contributed by atoms with Crippen LogP contribution in [0.25, 0.3) is 0 Å². The summed E-state index contributed by atoms with van der Waals surface area (Å²) in [6.07, 6.45) is 9.78. The van der Waals surface area contributed by atoms with Crippen LogP contribution in [0.15, 0.2) is 24.3 Å². The normalized spacial score (nSPS) is 29.6. The molecule has 2 saturated heterocycles. The maximum absolute atomic E-state index is 12.9. The van der Waals surface area contributed by atoms with E-state index in [2.05, 4.69) is 5.32 Å². The van der Waals surface area contributed by atoms with Crippen LogP contribution in [0.4, 0.5) is 0 Å². The van der Waals surface area contributed by atoms with Crippen molar-refractivity contribution < 1.29 is 9.53 Å². The number of carbonyl (C=O) groups is 1. The molecule has 130 valence electrons. The van der Waals surface area contributed by atoms with Crippen molar-refractivity contribution in [1.29, 1.82) is 0 Å². The molecule has 24 heavy (non-hydrogen) atoms. The van der Waals surface area contributed by atoms with E-state index in [0.717, 1.165) is 37.0 Å². The number of nitrogens with zero attached hydrogens (tertiary/aromatic N) is 1. The highest BCUT2D eigenvalue weighted by molar-refractivity contribution is 5.94.